The lowest BCUT2D eigenvalue weighted by molar-refractivity contribution is 0.387. The topological polar surface area (TPSA) is 79.3 Å². The monoisotopic (exact) mass is 316 g/mol. The van der Waals surface area contributed by atoms with E-state index in [2.05, 4.69) is 4.98 Å². The van der Waals surface area contributed by atoms with Crippen LogP contribution in [0.3, 0.4) is 0 Å². The molecule has 7 heteroatoms. The normalized spacial score (nSPS) is 12.0. The van der Waals surface area contributed by atoms with Crippen LogP contribution >= 0.6 is 11.3 Å². The van der Waals surface area contributed by atoms with Crippen molar-refractivity contribution < 1.29 is 18.7 Å². The van der Waals surface area contributed by atoms with Crippen molar-refractivity contribution in [2.75, 3.05) is 7.11 Å². The Bertz CT molecular complexity index is 907. The zero-order chi connectivity index (χ0) is 15.7. The van der Waals surface area contributed by atoms with Crippen molar-refractivity contribution in [3.05, 3.63) is 47.1 Å². The van der Waals surface area contributed by atoms with Crippen LogP contribution in [0.25, 0.3) is 21.5 Å². The minimum atomic E-state index is -0.537. The van der Waals surface area contributed by atoms with Gasteiger partial charge < -0.3 is 14.3 Å². The number of halogens is 1. The number of fused-ring (bicyclic) bond motifs is 1. The number of hydrogen-bond donors (Lipinski definition) is 1. The fraction of sp³-hybridized carbons (Fsp3) is 0.0667. The molecule has 0 fully saturated rings. The number of furan rings is 1. The molecule has 110 valence electrons. The molecule has 0 aliphatic rings. The molecule has 0 bridgehead atoms. The van der Waals surface area contributed by atoms with Gasteiger partial charge in [0.15, 0.2) is 23.1 Å². The Balaban J connectivity index is 2.17. The van der Waals surface area contributed by atoms with E-state index < -0.39 is 5.82 Å². The Morgan fingerprint density at radius 3 is 2.95 bits per heavy atom. The number of aromatic nitrogens is 1. The van der Waals surface area contributed by atoms with Gasteiger partial charge in [-0.3, -0.25) is 0 Å². The van der Waals surface area contributed by atoms with Gasteiger partial charge in [0.05, 0.1) is 23.6 Å². The second-order valence-electron chi connectivity index (χ2n) is 4.29. The number of hydrogen-bond acceptors (Lipinski definition) is 6. The van der Waals surface area contributed by atoms with Crippen LogP contribution in [0.4, 0.5) is 4.39 Å². The number of aliphatic hydroxyl groups is 1. The number of rotatable bonds is 3. The predicted molar refractivity (Wildman–Crippen MR) is 79.9 cm³/mol. The molecule has 0 radical (unpaired) electrons. The first-order chi connectivity index (χ1) is 10.6. The third kappa shape index (κ3) is 2.29. The summed E-state index contributed by atoms with van der Waals surface area (Å²) in [6, 6.07) is 7.76. The molecule has 1 aromatic carbocycles. The van der Waals surface area contributed by atoms with Gasteiger partial charge in [-0.05, 0) is 12.1 Å². The first kappa shape index (κ1) is 14.1. The van der Waals surface area contributed by atoms with Gasteiger partial charge in [0.2, 0.25) is 0 Å². The van der Waals surface area contributed by atoms with Crippen LogP contribution in [-0.2, 0) is 0 Å². The number of nitriles is 1. The molecule has 0 saturated heterocycles. The number of aliphatic hydroxyl groups excluding tert-OH is 1. The number of allylic oxidation sites excluding steroid dienone is 1. The van der Waals surface area contributed by atoms with Crippen molar-refractivity contribution in [3.8, 4) is 11.8 Å². The molecule has 2 aromatic heterocycles. The fourth-order valence-electron chi connectivity index (χ4n) is 1.93. The van der Waals surface area contributed by atoms with Crippen molar-refractivity contribution >= 4 is 32.9 Å². The summed E-state index contributed by atoms with van der Waals surface area (Å²) >= 11 is 1.15. The van der Waals surface area contributed by atoms with Crippen molar-refractivity contribution in [3.63, 3.8) is 0 Å². The Labute approximate surface area is 128 Å². The minimum absolute atomic E-state index is 0.0319. The average molecular weight is 316 g/mol. The molecular weight excluding hydrogens is 307 g/mol. The zero-order valence-electron chi connectivity index (χ0n) is 11.3. The summed E-state index contributed by atoms with van der Waals surface area (Å²) in [6.07, 6.45) is 1.39. The van der Waals surface area contributed by atoms with Crippen LogP contribution in [0.1, 0.15) is 10.8 Å². The highest BCUT2D eigenvalue weighted by Crippen LogP contribution is 2.33. The summed E-state index contributed by atoms with van der Waals surface area (Å²) in [7, 11) is 1.37. The van der Waals surface area contributed by atoms with E-state index in [1.807, 2.05) is 6.07 Å². The lowest BCUT2D eigenvalue weighted by atomic mass is 10.2. The Kier molecular flexibility index (Phi) is 3.53. The highest BCUT2D eigenvalue weighted by molar-refractivity contribution is 7.19. The Hall–Kier alpha value is -2.85. The first-order valence-electron chi connectivity index (χ1n) is 6.15. The van der Waals surface area contributed by atoms with E-state index in [9.17, 15) is 14.8 Å². The first-order valence-corrected chi connectivity index (χ1v) is 6.97. The van der Waals surface area contributed by atoms with Crippen LogP contribution in [0.2, 0.25) is 0 Å². The van der Waals surface area contributed by atoms with Crippen molar-refractivity contribution in [2.45, 2.75) is 0 Å². The molecule has 0 atom stereocenters. The van der Waals surface area contributed by atoms with Gasteiger partial charge in [-0.2, -0.15) is 5.26 Å². The summed E-state index contributed by atoms with van der Waals surface area (Å²) < 4.78 is 24.3. The second-order valence-corrected chi connectivity index (χ2v) is 5.32. The van der Waals surface area contributed by atoms with Crippen LogP contribution < -0.4 is 4.74 Å². The van der Waals surface area contributed by atoms with Crippen molar-refractivity contribution in [2.24, 2.45) is 0 Å². The van der Waals surface area contributed by atoms with Gasteiger partial charge in [0, 0.05) is 12.1 Å². The SMILES string of the molecule is COc1cc2sc(C(C#N)=C(O)c3ccco3)nc2cc1F. The minimum Gasteiger partial charge on any atom is -0.503 e. The highest BCUT2D eigenvalue weighted by Gasteiger charge is 2.18. The molecule has 3 aromatic rings. The quantitative estimate of drug-likeness (QED) is 0.584. The average Bonchev–Trinajstić information content (AvgIpc) is 3.15. The number of nitrogens with zero attached hydrogens (tertiary/aromatic N) is 2. The second kappa shape index (κ2) is 5.50. The van der Waals surface area contributed by atoms with Crippen LogP contribution in [0.5, 0.6) is 5.75 Å². The molecule has 0 amide bonds. The van der Waals surface area contributed by atoms with Crippen molar-refractivity contribution in [1.29, 1.82) is 5.26 Å². The summed E-state index contributed by atoms with van der Waals surface area (Å²) in [5.74, 6) is -0.580. The maximum atomic E-state index is 13.7. The van der Waals surface area contributed by atoms with Gasteiger partial charge in [-0.25, -0.2) is 9.37 Å². The van der Waals surface area contributed by atoms with E-state index in [0.29, 0.717) is 10.2 Å². The van der Waals surface area contributed by atoms with Crippen LogP contribution in [-0.4, -0.2) is 17.2 Å². The zero-order valence-corrected chi connectivity index (χ0v) is 12.1. The predicted octanol–water partition coefficient (Wildman–Crippen LogP) is 3.99. The summed E-state index contributed by atoms with van der Waals surface area (Å²) in [4.78, 5) is 4.19. The van der Waals surface area contributed by atoms with Gasteiger partial charge in [-0.1, -0.05) is 0 Å². The smallest absolute Gasteiger partial charge is 0.179 e. The third-order valence-electron chi connectivity index (χ3n) is 2.98. The number of benzene rings is 1. The van der Waals surface area contributed by atoms with Gasteiger partial charge in [0.1, 0.15) is 16.6 Å². The lowest BCUT2D eigenvalue weighted by Crippen LogP contribution is -1.88. The van der Waals surface area contributed by atoms with Gasteiger partial charge >= 0.3 is 0 Å². The molecule has 1 N–H and O–H groups in total. The van der Waals surface area contributed by atoms with Crippen molar-refractivity contribution in [1.82, 2.24) is 4.98 Å². The third-order valence-corrected chi connectivity index (χ3v) is 4.01. The van der Waals surface area contributed by atoms with Gasteiger partial charge in [0.25, 0.3) is 0 Å². The molecule has 3 rings (SSSR count). The lowest BCUT2D eigenvalue weighted by Gasteiger charge is -1.99. The Morgan fingerprint density at radius 1 is 1.50 bits per heavy atom. The molecule has 0 aliphatic heterocycles. The van der Waals surface area contributed by atoms with Crippen LogP contribution in [0.15, 0.2) is 34.9 Å². The van der Waals surface area contributed by atoms with Gasteiger partial charge in [-0.15, -0.1) is 11.3 Å². The summed E-state index contributed by atoms with van der Waals surface area (Å²) in [5.41, 5.74) is 0.355. The summed E-state index contributed by atoms with van der Waals surface area (Å²) in [5, 5.41) is 19.7. The van der Waals surface area contributed by atoms with E-state index in [0.717, 1.165) is 11.3 Å². The maximum absolute atomic E-state index is 13.7. The van der Waals surface area contributed by atoms with E-state index in [-0.39, 0.29) is 27.8 Å². The number of thiazole rings is 1. The standard InChI is InChI=1S/C15H9FN2O3S/c1-20-12-6-13-10(5-9(12)16)18-15(22-13)8(7-17)14(19)11-3-2-4-21-11/h2-6,19H,1H3. The molecule has 0 saturated carbocycles. The highest BCUT2D eigenvalue weighted by atomic mass is 32.1. The molecule has 22 heavy (non-hydrogen) atoms. The molecule has 5 nitrogen and oxygen atoms in total. The molecule has 2 heterocycles. The maximum Gasteiger partial charge on any atom is 0.179 e. The van der Waals surface area contributed by atoms with E-state index in [1.54, 1.807) is 6.07 Å². The van der Waals surface area contributed by atoms with Crippen LogP contribution in [0, 0.1) is 17.1 Å². The largest absolute Gasteiger partial charge is 0.503 e. The molecule has 0 unspecified atom stereocenters. The number of ether oxygens (including phenoxy) is 1. The number of methoxy groups -OCH3 is 1. The van der Waals surface area contributed by atoms with E-state index in [4.69, 9.17) is 9.15 Å². The molecule has 0 spiro atoms. The van der Waals surface area contributed by atoms with E-state index in [1.165, 1.54) is 31.6 Å². The summed E-state index contributed by atoms with van der Waals surface area (Å²) in [6.45, 7) is 0. The molecule has 0 aliphatic carbocycles. The Morgan fingerprint density at radius 2 is 2.32 bits per heavy atom. The fourth-order valence-corrected chi connectivity index (χ4v) is 2.90. The molecular formula is C15H9FN2O3S. The van der Waals surface area contributed by atoms with E-state index >= 15 is 0 Å².